The first-order chi connectivity index (χ1) is 13.1. The summed E-state index contributed by atoms with van der Waals surface area (Å²) in [6.07, 6.45) is 3.67. The number of nitrogens with zero attached hydrogens (tertiary/aromatic N) is 5. The van der Waals surface area contributed by atoms with Gasteiger partial charge in [-0.1, -0.05) is 17.2 Å². The van der Waals surface area contributed by atoms with Crippen molar-refractivity contribution in [2.45, 2.75) is 52.0 Å². The van der Waals surface area contributed by atoms with Gasteiger partial charge in [-0.3, -0.25) is 14.7 Å². The summed E-state index contributed by atoms with van der Waals surface area (Å²) in [6, 6.07) is 3.30. The van der Waals surface area contributed by atoms with Crippen LogP contribution in [0.15, 0.2) is 21.6 Å². The molecule has 0 aliphatic carbocycles. The Morgan fingerprint density at radius 1 is 1.33 bits per heavy atom. The summed E-state index contributed by atoms with van der Waals surface area (Å²) in [7, 11) is 0. The third-order valence-electron chi connectivity index (χ3n) is 5.13. The van der Waals surface area contributed by atoms with Gasteiger partial charge in [-0.05, 0) is 32.6 Å². The lowest BCUT2D eigenvalue weighted by Gasteiger charge is -2.35. The molecule has 0 radical (unpaired) electrons. The van der Waals surface area contributed by atoms with Gasteiger partial charge in [-0.25, -0.2) is 14.1 Å². The Hall–Kier alpha value is -2.97. The number of aromatic amines is 1. The van der Waals surface area contributed by atoms with E-state index >= 15 is 0 Å². The van der Waals surface area contributed by atoms with Crippen molar-refractivity contribution in [2.24, 2.45) is 0 Å². The number of H-pyrrole nitrogens is 1. The number of hydrogen-bond acceptors (Lipinski definition) is 6. The molecule has 27 heavy (non-hydrogen) atoms. The number of fused-ring (bicyclic) bond motifs is 1. The van der Waals surface area contributed by atoms with E-state index in [1.165, 1.54) is 10.6 Å². The maximum absolute atomic E-state index is 12.9. The van der Waals surface area contributed by atoms with Gasteiger partial charge in [0.05, 0.1) is 18.2 Å². The number of piperidine rings is 1. The second-order valence-electron chi connectivity index (χ2n) is 6.92. The maximum Gasteiger partial charge on any atom is 0.272 e. The predicted molar refractivity (Wildman–Crippen MR) is 96.2 cm³/mol. The van der Waals surface area contributed by atoms with Crippen LogP contribution in [0.2, 0.25) is 0 Å². The van der Waals surface area contributed by atoms with Gasteiger partial charge in [0.25, 0.3) is 5.56 Å². The summed E-state index contributed by atoms with van der Waals surface area (Å²) in [5.41, 5.74) is 3.23. The average molecular weight is 370 g/mol. The van der Waals surface area contributed by atoms with Gasteiger partial charge >= 0.3 is 0 Å². The van der Waals surface area contributed by atoms with E-state index in [4.69, 9.17) is 4.63 Å². The molecule has 142 valence electrons. The van der Waals surface area contributed by atoms with E-state index in [0.29, 0.717) is 30.0 Å². The Kier molecular flexibility index (Phi) is 4.51. The van der Waals surface area contributed by atoms with Crippen LogP contribution in [0.25, 0.3) is 5.65 Å². The van der Waals surface area contributed by atoms with Crippen molar-refractivity contribution >= 4 is 11.6 Å². The lowest BCUT2D eigenvalue weighted by atomic mass is 9.98. The van der Waals surface area contributed by atoms with Gasteiger partial charge in [-0.15, -0.1) is 0 Å². The highest BCUT2D eigenvalue weighted by molar-refractivity contribution is 5.79. The van der Waals surface area contributed by atoms with Crippen LogP contribution in [0.1, 0.15) is 55.0 Å². The number of hydrogen-bond donors (Lipinski definition) is 1. The lowest BCUT2D eigenvalue weighted by molar-refractivity contribution is -0.134. The second kappa shape index (κ2) is 6.98. The Bertz CT molecular complexity index is 1030. The zero-order chi connectivity index (χ0) is 19.0. The fraction of sp³-hybridized carbons (Fsp3) is 0.500. The molecule has 1 N–H and O–H groups in total. The van der Waals surface area contributed by atoms with Crippen LogP contribution in [-0.4, -0.2) is 42.3 Å². The molecule has 1 saturated heterocycles. The van der Waals surface area contributed by atoms with Crippen molar-refractivity contribution in [1.29, 1.82) is 0 Å². The summed E-state index contributed by atoms with van der Waals surface area (Å²) in [6.45, 7) is 4.41. The summed E-state index contributed by atoms with van der Waals surface area (Å²) >= 11 is 0. The first kappa shape index (κ1) is 17.4. The predicted octanol–water partition coefficient (Wildman–Crippen LogP) is 1.57. The van der Waals surface area contributed by atoms with Crippen molar-refractivity contribution in [1.82, 2.24) is 29.8 Å². The highest BCUT2D eigenvalue weighted by Crippen LogP contribution is 2.31. The summed E-state index contributed by atoms with van der Waals surface area (Å²) in [5, 5.41) is 10.7. The minimum atomic E-state index is -0.138. The van der Waals surface area contributed by atoms with E-state index in [1.807, 2.05) is 17.9 Å². The molecule has 1 atom stereocenters. The molecule has 1 aliphatic rings. The van der Waals surface area contributed by atoms with Gasteiger partial charge in [0.1, 0.15) is 11.4 Å². The maximum atomic E-state index is 12.9. The largest absolute Gasteiger partial charge is 0.334 e. The van der Waals surface area contributed by atoms with Gasteiger partial charge in [0.2, 0.25) is 5.91 Å². The van der Waals surface area contributed by atoms with E-state index in [-0.39, 0.29) is 23.9 Å². The normalized spacial score (nSPS) is 17.6. The van der Waals surface area contributed by atoms with E-state index in [9.17, 15) is 9.59 Å². The Morgan fingerprint density at radius 2 is 2.19 bits per heavy atom. The van der Waals surface area contributed by atoms with Crippen LogP contribution >= 0.6 is 0 Å². The standard InChI is InChI=1S/C18H22N6O3/c1-3-12-8-18(26)24-16(19-12)9-14(20-24)15-6-4-5-7-23(15)17(25)10-13-11(2)21-27-22-13/h8-9,15,20H,3-7,10H2,1-2H3/t15-/m1/s1. The first-order valence-corrected chi connectivity index (χ1v) is 9.26. The van der Waals surface area contributed by atoms with Gasteiger partial charge < -0.3 is 4.90 Å². The molecule has 1 amide bonds. The number of aromatic nitrogens is 5. The molecule has 1 fully saturated rings. The number of nitrogens with one attached hydrogen (secondary N) is 1. The highest BCUT2D eigenvalue weighted by Gasteiger charge is 2.30. The molecule has 0 aromatic carbocycles. The van der Waals surface area contributed by atoms with Crippen molar-refractivity contribution in [3.63, 3.8) is 0 Å². The average Bonchev–Trinajstić information content (AvgIpc) is 3.28. The van der Waals surface area contributed by atoms with Crippen LogP contribution < -0.4 is 5.56 Å². The Balaban J connectivity index is 1.65. The Morgan fingerprint density at radius 3 is 2.93 bits per heavy atom. The van der Waals surface area contributed by atoms with Gasteiger partial charge in [0, 0.05) is 24.4 Å². The third-order valence-corrected chi connectivity index (χ3v) is 5.13. The summed E-state index contributed by atoms with van der Waals surface area (Å²) in [5.74, 6) is -0.0216. The molecule has 0 unspecified atom stereocenters. The molecule has 9 heteroatoms. The van der Waals surface area contributed by atoms with E-state index in [2.05, 4.69) is 20.4 Å². The molecular formula is C18H22N6O3. The summed E-state index contributed by atoms with van der Waals surface area (Å²) < 4.78 is 6.14. The first-order valence-electron chi connectivity index (χ1n) is 9.26. The molecule has 3 aromatic rings. The monoisotopic (exact) mass is 370 g/mol. The summed E-state index contributed by atoms with van der Waals surface area (Å²) in [4.78, 5) is 31.6. The van der Waals surface area contributed by atoms with Crippen LogP contribution in [0, 0.1) is 6.92 Å². The van der Waals surface area contributed by atoms with Gasteiger partial charge in [0.15, 0.2) is 5.65 Å². The van der Waals surface area contributed by atoms with Crippen LogP contribution in [-0.2, 0) is 17.6 Å². The zero-order valence-corrected chi connectivity index (χ0v) is 15.4. The quantitative estimate of drug-likeness (QED) is 0.747. The molecule has 0 spiro atoms. The zero-order valence-electron chi connectivity index (χ0n) is 15.4. The van der Waals surface area contributed by atoms with Gasteiger partial charge in [-0.2, -0.15) is 0 Å². The molecular weight excluding hydrogens is 348 g/mol. The van der Waals surface area contributed by atoms with Crippen LogP contribution in [0.5, 0.6) is 0 Å². The number of likely N-dealkylation sites (tertiary alicyclic amines) is 1. The molecule has 4 rings (SSSR count). The molecule has 9 nitrogen and oxygen atoms in total. The highest BCUT2D eigenvalue weighted by atomic mass is 16.6. The molecule has 1 aliphatic heterocycles. The van der Waals surface area contributed by atoms with Crippen molar-refractivity contribution < 1.29 is 9.42 Å². The lowest BCUT2D eigenvalue weighted by Crippen LogP contribution is -2.39. The van der Waals surface area contributed by atoms with Crippen LogP contribution in [0.4, 0.5) is 0 Å². The molecule has 4 heterocycles. The number of aryl methyl sites for hydroxylation is 2. The third kappa shape index (κ3) is 3.24. The topological polar surface area (TPSA) is 109 Å². The number of rotatable bonds is 4. The van der Waals surface area contributed by atoms with Crippen LogP contribution in [0.3, 0.4) is 0 Å². The molecule has 0 saturated carbocycles. The molecule has 0 bridgehead atoms. The number of carbonyl (C=O) groups excluding carboxylic acids is 1. The fourth-order valence-corrected chi connectivity index (χ4v) is 3.62. The minimum absolute atomic E-state index is 0.0216. The molecule has 3 aromatic heterocycles. The fourth-order valence-electron chi connectivity index (χ4n) is 3.62. The minimum Gasteiger partial charge on any atom is -0.334 e. The van der Waals surface area contributed by atoms with Crippen molar-refractivity contribution in [3.8, 4) is 0 Å². The Labute approximate surface area is 155 Å². The van der Waals surface area contributed by atoms with E-state index < -0.39 is 0 Å². The smallest absolute Gasteiger partial charge is 0.272 e. The number of carbonyl (C=O) groups is 1. The van der Waals surface area contributed by atoms with Crippen molar-refractivity contribution in [2.75, 3.05) is 6.54 Å². The van der Waals surface area contributed by atoms with Crippen molar-refractivity contribution in [3.05, 3.63) is 45.3 Å². The van der Waals surface area contributed by atoms with E-state index in [0.717, 1.165) is 30.7 Å². The second-order valence-corrected chi connectivity index (χ2v) is 6.92. The number of amides is 1. The SMILES string of the molecule is CCc1cc(=O)n2[nH]c([C@H]3CCCCN3C(=O)Cc3nonc3C)cc2n1. The van der Waals surface area contributed by atoms with E-state index in [1.54, 1.807) is 6.92 Å².